The summed E-state index contributed by atoms with van der Waals surface area (Å²) in [5.41, 5.74) is 2.88. The van der Waals surface area contributed by atoms with Crippen LogP contribution < -0.4 is 0 Å². The zero-order chi connectivity index (χ0) is 11.8. The number of carbonyl (C=O) groups excluding carboxylic acids is 1. The number of methoxy groups -OCH3 is 1. The fourth-order valence-corrected chi connectivity index (χ4v) is 3.00. The second-order valence-electron chi connectivity index (χ2n) is 4.90. The van der Waals surface area contributed by atoms with E-state index >= 15 is 0 Å². The molecule has 0 amide bonds. The third-order valence-electron chi connectivity index (χ3n) is 4.03. The molecule has 1 aliphatic heterocycles. The molecule has 0 N–H and O–H groups in total. The minimum absolute atomic E-state index is 0.000637. The van der Waals surface area contributed by atoms with Crippen molar-refractivity contribution in [3.05, 3.63) is 35.4 Å². The van der Waals surface area contributed by atoms with Crippen molar-refractivity contribution >= 4 is 5.97 Å². The number of carbonyl (C=O) groups is 1. The minimum Gasteiger partial charge on any atom is -0.468 e. The van der Waals surface area contributed by atoms with E-state index in [0.29, 0.717) is 6.04 Å². The molecular formula is C14H17NO2. The Morgan fingerprint density at radius 3 is 2.41 bits per heavy atom. The van der Waals surface area contributed by atoms with Crippen molar-refractivity contribution in [2.45, 2.75) is 31.3 Å². The van der Waals surface area contributed by atoms with Crippen molar-refractivity contribution < 1.29 is 9.53 Å². The van der Waals surface area contributed by atoms with E-state index in [1.165, 1.54) is 18.2 Å². The van der Waals surface area contributed by atoms with Gasteiger partial charge in [0.15, 0.2) is 0 Å². The molecule has 1 saturated heterocycles. The number of nitrogens with zero attached hydrogens (tertiary/aromatic N) is 1. The molecule has 1 aromatic carbocycles. The van der Waals surface area contributed by atoms with E-state index in [2.05, 4.69) is 29.2 Å². The lowest BCUT2D eigenvalue weighted by atomic mass is 9.98. The molecule has 3 heteroatoms. The highest BCUT2D eigenvalue weighted by molar-refractivity contribution is 5.76. The average Bonchev–Trinajstić information content (AvgIpc) is 2.70. The van der Waals surface area contributed by atoms with Crippen LogP contribution in [0.3, 0.4) is 0 Å². The number of hydrogen-bond acceptors (Lipinski definition) is 3. The van der Waals surface area contributed by atoms with Crippen LogP contribution in [0.4, 0.5) is 0 Å². The first-order chi connectivity index (χ1) is 8.29. The molecule has 1 aromatic rings. The lowest BCUT2D eigenvalue weighted by molar-refractivity contribution is -0.153. The highest BCUT2D eigenvalue weighted by Gasteiger charge is 2.41. The first-order valence-corrected chi connectivity index (χ1v) is 6.20. The topological polar surface area (TPSA) is 29.5 Å². The standard InChI is InChI=1S/C14H17NO2/c1-17-14(16)13-6-7-15(13)12-8-10-4-2-3-5-11(10)9-12/h2-5,12-13H,6-9H2,1H3. The van der Waals surface area contributed by atoms with Crippen molar-refractivity contribution in [3.63, 3.8) is 0 Å². The first-order valence-electron chi connectivity index (χ1n) is 6.20. The smallest absolute Gasteiger partial charge is 0.323 e. The summed E-state index contributed by atoms with van der Waals surface area (Å²) in [6.45, 7) is 1.03. The molecule has 1 aliphatic carbocycles. The van der Waals surface area contributed by atoms with Crippen LogP contribution in [0.5, 0.6) is 0 Å². The summed E-state index contributed by atoms with van der Waals surface area (Å²) in [6.07, 6.45) is 3.09. The number of ether oxygens (including phenoxy) is 1. The van der Waals surface area contributed by atoms with Gasteiger partial charge in [0.05, 0.1) is 7.11 Å². The molecule has 1 atom stereocenters. The fraction of sp³-hybridized carbons (Fsp3) is 0.500. The van der Waals surface area contributed by atoms with Crippen LogP contribution in [0, 0.1) is 0 Å². The number of fused-ring (bicyclic) bond motifs is 1. The molecule has 1 heterocycles. The molecule has 0 saturated carbocycles. The van der Waals surface area contributed by atoms with Crippen molar-refractivity contribution in [3.8, 4) is 0 Å². The monoisotopic (exact) mass is 231 g/mol. The molecule has 3 rings (SSSR count). The van der Waals surface area contributed by atoms with Gasteiger partial charge < -0.3 is 4.74 Å². The molecule has 1 fully saturated rings. The third-order valence-corrected chi connectivity index (χ3v) is 4.03. The van der Waals surface area contributed by atoms with Crippen LogP contribution >= 0.6 is 0 Å². The predicted octanol–water partition coefficient (Wildman–Crippen LogP) is 1.40. The summed E-state index contributed by atoms with van der Waals surface area (Å²) in [4.78, 5) is 13.9. The van der Waals surface area contributed by atoms with Crippen molar-refractivity contribution in [1.82, 2.24) is 4.90 Å². The third kappa shape index (κ3) is 1.75. The van der Waals surface area contributed by atoms with Gasteiger partial charge in [-0.05, 0) is 30.4 Å². The Balaban J connectivity index is 1.71. The van der Waals surface area contributed by atoms with Gasteiger partial charge in [-0.1, -0.05) is 24.3 Å². The second-order valence-corrected chi connectivity index (χ2v) is 4.90. The van der Waals surface area contributed by atoms with Crippen LogP contribution in [0.15, 0.2) is 24.3 Å². The predicted molar refractivity (Wildman–Crippen MR) is 64.8 cm³/mol. The van der Waals surface area contributed by atoms with E-state index in [9.17, 15) is 4.79 Å². The maximum atomic E-state index is 11.6. The quantitative estimate of drug-likeness (QED) is 0.721. The minimum atomic E-state index is -0.0767. The Labute approximate surface area is 101 Å². The lowest BCUT2D eigenvalue weighted by Crippen LogP contribution is -2.57. The number of rotatable bonds is 2. The van der Waals surface area contributed by atoms with Crippen molar-refractivity contribution in [1.29, 1.82) is 0 Å². The lowest BCUT2D eigenvalue weighted by Gasteiger charge is -2.43. The highest BCUT2D eigenvalue weighted by atomic mass is 16.5. The number of likely N-dealkylation sites (tertiary alicyclic amines) is 1. The van der Waals surface area contributed by atoms with Gasteiger partial charge in [-0.2, -0.15) is 0 Å². The Morgan fingerprint density at radius 2 is 1.94 bits per heavy atom. The van der Waals surface area contributed by atoms with E-state index in [0.717, 1.165) is 25.8 Å². The van der Waals surface area contributed by atoms with Gasteiger partial charge in [0.2, 0.25) is 0 Å². The van der Waals surface area contributed by atoms with E-state index in [4.69, 9.17) is 4.74 Å². The Morgan fingerprint density at radius 1 is 1.29 bits per heavy atom. The average molecular weight is 231 g/mol. The molecule has 2 aliphatic rings. The van der Waals surface area contributed by atoms with Gasteiger partial charge in [0.1, 0.15) is 6.04 Å². The van der Waals surface area contributed by atoms with Gasteiger partial charge >= 0.3 is 5.97 Å². The summed E-state index contributed by atoms with van der Waals surface area (Å²) in [7, 11) is 1.47. The van der Waals surface area contributed by atoms with Gasteiger partial charge in [0, 0.05) is 12.6 Å². The molecule has 0 aromatic heterocycles. The maximum Gasteiger partial charge on any atom is 0.323 e. The number of benzene rings is 1. The van der Waals surface area contributed by atoms with Crippen molar-refractivity contribution in [2.75, 3.05) is 13.7 Å². The van der Waals surface area contributed by atoms with Crippen molar-refractivity contribution in [2.24, 2.45) is 0 Å². The van der Waals surface area contributed by atoms with Gasteiger partial charge in [0.25, 0.3) is 0 Å². The van der Waals surface area contributed by atoms with Crippen LogP contribution in [0.1, 0.15) is 17.5 Å². The zero-order valence-electron chi connectivity index (χ0n) is 10.1. The van der Waals surface area contributed by atoms with E-state index in [-0.39, 0.29) is 12.0 Å². The second kappa shape index (κ2) is 4.15. The summed E-state index contributed by atoms with van der Waals surface area (Å²) in [5, 5.41) is 0. The largest absolute Gasteiger partial charge is 0.468 e. The Kier molecular flexibility index (Phi) is 2.63. The van der Waals surface area contributed by atoms with Gasteiger partial charge in [-0.15, -0.1) is 0 Å². The Bertz CT molecular complexity index is 419. The van der Waals surface area contributed by atoms with Gasteiger partial charge in [-0.25, -0.2) is 0 Å². The van der Waals surface area contributed by atoms with E-state index < -0.39 is 0 Å². The maximum absolute atomic E-state index is 11.6. The Hall–Kier alpha value is -1.35. The van der Waals surface area contributed by atoms with Crippen LogP contribution in [0.25, 0.3) is 0 Å². The summed E-state index contributed by atoms with van der Waals surface area (Å²) in [6, 6.07) is 9.07. The normalized spacial score (nSPS) is 24.2. The molecule has 0 radical (unpaired) electrons. The highest BCUT2D eigenvalue weighted by Crippen LogP contribution is 2.31. The molecule has 3 nitrogen and oxygen atoms in total. The molecule has 0 bridgehead atoms. The number of esters is 1. The van der Waals surface area contributed by atoms with E-state index in [1.54, 1.807) is 0 Å². The van der Waals surface area contributed by atoms with Gasteiger partial charge in [-0.3, -0.25) is 9.69 Å². The summed E-state index contributed by atoms with van der Waals surface area (Å²) < 4.78 is 4.84. The molecule has 17 heavy (non-hydrogen) atoms. The molecule has 90 valence electrons. The molecular weight excluding hydrogens is 214 g/mol. The summed E-state index contributed by atoms with van der Waals surface area (Å²) >= 11 is 0. The van der Waals surface area contributed by atoms with Crippen LogP contribution in [0.2, 0.25) is 0 Å². The summed E-state index contributed by atoms with van der Waals surface area (Å²) in [5.74, 6) is -0.0767. The fourth-order valence-electron chi connectivity index (χ4n) is 3.00. The van der Waals surface area contributed by atoms with Crippen LogP contribution in [-0.4, -0.2) is 36.6 Å². The molecule has 0 spiro atoms. The van der Waals surface area contributed by atoms with E-state index in [1.807, 2.05) is 0 Å². The number of hydrogen-bond donors (Lipinski definition) is 0. The first kappa shape index (κ1) is 10.8. The zero-order valence-corrected chi connectivity index (χ0v) is 10.1. The van der Waals surface area contributed by atoms with Crippen LogP contribution in [-0.2, 0) is 22.4 Å². The molecule has 1 unspecified atom stereocenters. The SMILES string of the molecule is COC(=O)C1CCN1C1Cc2ccccc2C1.